The predicted molar refractivity (Wildman–Crippen MR) is 57.6 cm³/mol. The molecule has 0 aliphatic rings. The third-order valence-electron chi connectivity index (χ3n) is 2.06. The van der Waals surface area contributed by atoms with Gasteiger partial charge in [-0.3, -0.25) is 4.79 Å². The van der Waals surface area contributed by atoms with E-state index in [4.69, 9.17) is 4.74 Å². The molecule has 1 atom stereocenters. The average Bonchev–Trinajstić information content (AvgIpc) is 2.35. The monoisotopic (exact) mass is 222 g/mol. The van der Waals surface area contributed by atoms with E-state index in [2.05, 4.69) is 4.74 Å². The summed E-state index contributed by atoms with van der Waals surface area (Å²) in [6.07, 6.45) is -0.751. The fraction of sp³-hybridized carbons (Fsp3) is 0.333. The lowest BCUT2D eigenvalue weighted by atomic mass is 10.1. The van der Waals surface area contributed by atoms with Gasteiger partial charge in [-0.15, -0.1) is 0 Å². The Morgan fingerprint density at radius 3 is 2.38 bits per heavy atom. The highest BCUT2D eigenvalue weighted by atomic mass is 16.6. The van der Waals surface area contributed by atoms with Crippen LogP contribution in [0.5, 0.6) is 0 Å². The number of ether oxygens (including phenoxy) is 2. The molecule has 1 rings (SSSR count). The van der Waals surface area contributed by atoms with Gasteiger partial charge in [0.05, 0.1) is 7.11 Å². The van der Waals surface area contributed by atoms with Gasteiger partial charge in [-0.25, -0.2) is 4.79 Å². The third-order valence-corrected chi connectivity index (χ3v) is 2.06. The maximum absolute atomic E-state index is 11.5. The van der Waals surface area contributed by atoms with Crippen LogP contribution in [0.25, 0.3) is 0 Å². The molecule has 4 heteroatoms. The van der Waals surface area contributed by atoms with E-state index in [1.807, 2.05) is 6.07 Å². The van der Waals surface area contributed by atoms with Gasteiger partial charge in [0.15, 0.2) is 0 Å². The fourth-order valence-corrected chi connectivity index (χ4v) is 1.20. The van der Waals surface area contributed by atoms with Gasteiger partial charge in [-0.2, -0.15) is 0 Å². The molecular weight excluding hydrogens is 208 g/mol. The summed E-state index contributed by atoms with van der Waals surface area (Å²) in [6.45, 7) is 1.67. The van der Waals surface area contributed by atoms with Crippen LogP contribution in [0.4, 0.5) is 0 Å². The Morgan fingerprint density at radius 2 is 1.88 bits per heavy atom. The van der Waals surface area contributed by atoms with Crippen LogP contribution in [0.2, 0.25) is 0 Å². The number of rotatable bonds is 4. The van der Waals surface area contributed by atoms with E-state index in [-0.39, 0.29) is 6.42 Å². The Kier molecular flexibility index (Phi) is 4.51. The number of benzene rings is 1. The first kappa shape index (κ1) is 12.2. The molecule has 0 saturated heterocycles. The zero-order valence-corrected chi connectivity index (χ0v) is 9.30. The van der Waals surface area contributed by atoms with E-state index in [0.29, 0.717) is 5.56 Å². The van der Waals surface area contributed by atoms with E-state index in [9.17, 15) is 9.59 Å². The highest BCUT2D eigenvalue weighted by Gasteiger charge is 2.24. The Bertz CT molecular complexity index is 359. The van der Waals surface area contributed by atoms with Crippen molar-refractivity contribution in [3.05, 3.63) is 35.9 Å². The van der Waals surface area contributed by atoms with Crippen LogP contribution in [-0.2, 0) is 19.1 Å². The topological polar surface area (TPSA) is 52.6 Å². The lowest BCUT2D eigenvalue weighted by molar-refractivity contribution is -0.166. The maximum Gasteiger partial charge on any atom is 0.351 e. The third kappa shape index (κ3) is 3.08. The molecule has 0 bridgehead atoms. The Morgan fingerprint density at radius 1 is 1.25 bits per heavy atom. The first-order chi connectivity index (χ1) is 7.69. The second kappa shape index (κ2) is 5.90. The van der Waals surface area contributed by atoms with Crippen LogP contribution in [-0.4, -0.2) is 19.0 Å². The Balaban J connectivity index is 2.88. The molecule has 0 aliphatic heterocycles. The van der Waals surface area contributed by atoms with Gasteiger partial charge in [0.1, 0.15) is 0 Å². The largest absolute Gasteiger partial charge is 0.466 e. The summed E-state index contributed by atoms with van der Waals surface area (Å²) >= 11 is 0. The lowest BCUT2D eigenvalue weighted by Gasteiger charge is -2.15. The molecule has 0 N–H and O–H groups in total. The van der Waals surface area contributed by atoms with Crippen molar-refractivity contribution in [2.24, 2.45) is 0 Å². The van der Waals surface area contributed by atoms with Gasteiger partial charge < -0.3 is 9.47 Å². The second-order valence-electron chi connectivity index (χ2n) is 3.16. The van der Waals surface area contributed by atoms with Crippen molar-refractivity contribution in [3.8, 4) is 0 Å². The smallest absolute Gasteiger partial charge is 0.351 e. The molecule has 0 heterocycles. The van der Waals surface area contributed by atoms with Crippen molar-refractivity contribution < 1.29 is 19.1 Å². The van der Waals surface area contributed by atoms with Gasteiger partial charge in [-0.05, 0) is 0 Å². The van der Waals surface area contributed by atoms with Gasteiger partial charge in [0.25, 0.3) is 0 Å². The van der Waals surface area contributed by atoms with E-state index in [0.717, 1.165) is 0 Å². The molecule has 0 spiro atoms. The highest BCUT2D eigenvalue weighted by molar-refractivity contribution is 5.80. The fourth-order valence-electron chi connectivity index (χ4n) is 1.20. The summed E-state index contributed by atoms with van der Waals surface area (Å²) in [7, 11) is 1.26. The molecule has 0 aromatic heterocycles. The number of carbonyl (C=O) groups is 2. The van der Waals surface area contributed by atoms with Crippen LogP contribution >= 0.6 is 0 Å². The minimum absolute atomic E-state index is 0.223. The number of methoxy groups -OCH3 is 1. The lowest BCUT2D eigenvalue weighted by Crippen LogP contribution is -2.20. The number of hydrogen-bond donors (Lipinski definition) is 0. The molecule has 1 aromatic rings. The minimum atomic E-state index is -0.973. The number of carbonyl (C=O) groups excluding carboxylic acids is 2. The minimum Gasteiger partial charge on any atom is -0.466 e. The summed E-state index contributed by atoms with van der Waals surface area (Å²) in [4.78, 5) is 22.7. The van der Waals surface area contributed by atoms with Crippen molar-refractivity contribution in [2.45, 2.75) is 19.4 Å². The molecule has 86 valence electrons. The second-order valence-corrected chi connectivity index (χ2v) is 3.16. The molecule has 4 nitrogen and oxygen atoms in total. The van der Waals surface area contributed by atoms with E-state index >= 15 is 0 Å². The van der Waals surface area contributed by atoms with Gasteiger partial charge in [-0.1, -0.05) is 37.3 Å². The number of esters is 2. The van der Waals surface area contributed by atoms with Crippen LogP contribution in [0, 0.1) is 0 Å². The van der Waals surface area contributed by atoms with Crippen molar-refractivity contribution in [1.29, 1.82) is 0 Å². The molecule has 0 saturated carbocycles. The van der Waals surface area contributed by atoms with Gasteiger partial charge in [0.2, 0.25) is 6.10 Å². The molecule has 16 heavy (non-hydrogen) atoms. The number of hydrogen-bond acceptors (Lipinski definition) is 4. The first-order valence-electron chi connectivity index (χ1n) is 5.01. The van der Waals surface area contributed by atoms with E-state index < -0.39 is 18.0 Å². The summed E-state index contributed by atoms with van der Waals surface area (Å²) in [5.41, 5.74) is 0.608. The summed E-state index contributed by atoms with van der Waals surface area (Å²) in [5, 5.41) is 0. The van der Waals surface area contributed by atoms with Crippen molar-refractivity contribution in [1.82, 2.24) is 0 Å². The molecule has 1 aromatic carbocycles. The molecular formula is C12H14O4. The standard InChI is InChI=1S/C12H14O4/c1-3-10(13)16-11(12(14)15-2)9-7-5-4-6-8-9/h4-8,11H,3H2,1-2H3/t11-/m0/s1. The van der Waals surface area contributed by atoms with Crippen molar-refractivity contribution >= 4 is 11.9 Å². The van der Waals surface area contributed by atoms with Crippen molar-refractivity contribution in [2.75, 3.05) is 7.11 Å². The normalized spacial score (nSPS) is 11.6. The van der Waals surface area contributed by atoms with E-state index in [1.165, 1.54) is 7.11 Å². The maximum atomic E-state index is 11.5. The predicted octanol–water partition coefficient (Wildman–Crippen LogP) is 1.85. The molecule has 0 aliphatic carbocycles. The quantitative estimate of drug-likeness (QED) is 0.729. The van der Waals surface area contributed by atoms with Crippen LogP contribution in [0.1, 0.15) is 25.0 Å². The summed E-state index contributed by atoms with van der Waals surface area (Å²) in [6, 6.07) is 8.78. The molecule has 0 fully saturated rings. The summed E-state index contributed by atoms with van der Waals surface area (Å²) in [5.74, 6) is -1.01. The SMILES string of the molecule is CCC(=O)O[C@H](C(=O)OC)c1ccccc1. The van der Waals surface area contributed by atoms with Gasteiger partial charge in [0, 0.05) is 12.0 Å². The average molecular weight is 222 g/mol. The molecule has 0 radical (unpaired) electrons. The molecule has 0 unspecified atom stereocenters. The Labute approximate surface area is 94.2 Å². The first-order valence-corrected chi connectivity index (χ1v) is 5.01. The Hall–Kier alpha value is -1.84. The highest BCUT2D eigenvalue weighted by Crippen LogP contribution is 2.19. The van der Waals surface area contributed by atoms with Crippen LogP contribution in [0.3, 0.4) is 0 Å². The van der Waals surface area contributed by atoms with E-state index in [1.54, 1.807) is 31.2 Å². The summed E-state index contributed by atoms with van der Waals surface area (Å²) < 4.78 is 9.62. The zero-order chi connectivity index (χ0) is 12.0. The van der Waals surface area contributed by atoms with Crippen molar-refractivity contribution in [3.63, 3.8) is 0 Å². The van der Waals surface area contributed by atoms with Crippen LogP contribution < -0.4 is 0 Å². The zero-order valence-electron chi connectivity index (χ0n) is 9.30. The van der Waals surface area contributed by atoms with Gasteiger partial charge >= 0.3 is 11.9 Å². The molecule has 0 amide bonds. The van der Waals surface area contributed by atoms with Crippen LogP contribution in [0.15, 0.2) is 30.3 Å².